The first-order valence-corrected chi connectivity index (χ1v) is 10.5. The van der Waals surface area contributed by atoms with E-state index in [0.29, 0.717) is 23.5 Å². The summed E-state index contributed by atoms with van der Waals surface area (Å²) in [4.78, 5) is 19.0. The van der Waals surface area contributed by atoms with Gasteiger partial charge in [-0.25, -0.2) is 4.98 Å². The highest BCUT2D eigenvalue weighted by Crippen LogP contribution is 2.24. The Balaban J connectivity index is 1.64. The monoisotopic (exact) mass is 413 g/mol. The van der Waals surface area contributed by atoms with Crippen molar-refractivity contribution < 1.29 is 4.79 Å². The number of nitrogens with one attached hydrogen (secondary N) is 2. The van der Waals surface area contributed by atoms with Crippen LogP contribution in [0.4, 0.5) is 11.5 Å². The van der Waals surface area contributed by atoms with Crippen molar-refractivity contribution >= 4 is 17.4 Å². The summed E-state index contributed by atoms with van der Waals surface area (Å²) in [6.07, 6.45) is 1.75. The molecule has 31 heavy (non-hydrogen) atoms. The summed E-state index contributed by atoms with van der Waals surface area (Å²) >= 11 is 0. The van der Waals surface area contributed by atoms with E-state index in [-0.39, 0.29) is 5.91 Å². The van der Waals surface area contributed by atoms with E-state index in [2.05, 4.69) is 40.4 Å². The second-order valence-electron chi connectivity index (χ2n) is 7.08. The van der Waals surface area contributed by atoms with Gasteiger partial charge in [0.05, 0.1) is 5.56 Å². The number of rotatable bonds is 9. The normalized spacial score (nSPS) is 10.5. The topological polar surface area (TPSA) is 81.1 Å². The second kappa shape index (κ2) is 10.9. The van der Waals surface area contributed by atoms with Crippen LogP contribution in [0.15, 0.2) is 66.9 Å². The lowest BCUT2D eigenvalue weighted by Crippen LogP contribution is -2.34. The number of anilines is 2. The quantitative estimate of drug-likeness (QED) is 0.542. The number of likely N-dealkylation sites (N-methyl/N-ethyl adjacent to an activating group) is 1. The van der Waals surface area contributed by atoms with Crippen LogP contribution in [0.1, 0.15) is 29.8 Å². The lowest BCUT2D eigenvalue weighted by atomic mass is 10.1. The van der Waals surface area contributed by atoms with Crippen LogP contribution in [0.5, 0.6) is 0 Å². The number of carbonyl (C=O) groups excluding carboxylic acids is 1. The minimum absolute atomic E-state index is 0.0956. The first-order valence-electron chi connectivity index (χ1n) is 10.5. The van der Waals surface area contributed by atoms with Crippen LogP contribution in [-0.4, -0.2) is 42.0 Å². The smallest absolute Gasteiger partial charge is 0.251 e. The van der Waals surface area contributed by atoms with Gasteiger partial charge in [0.15, 0.2) is 0 Å². The first-order chi connectivity index (χ1) is 15.1. The van der Waals surface area contributed by atoms with Crippen LogP contribution in [0.2, 0.25) is 0 Å². The van der Waals surface area contributed by atoms with Gasteiger partial charge in [-0.15, -0.1) is 0 Å². The molecule has 1 aromatic heterocycles. The molecule has 3 aromatic rings. The van der Waals surface area contributed by atoms with Crippen LogP contribution >= 0.6 is 0 Å². The van der Waals surface area contributed by atoms with E-state index in [1.54, 1.807) is 18.3 Å². The summed E-state index contributed by atoms with van der Waals surface area (Å²) in [6, 6.07) is 21.0. The fourth-order valence-electron chi connectivity index (χ4n) is 3.25. The predicted molar refractivity (Wildman–Crippen MR) is 124 cm³/mol. The molecule has 6 nitrogen and oxygen atoms in total. The maximum absolute atomic E-state index is 12.3. The lowest BCUT2D eigenvalue weighted by Gasteiger charge is -2.18. The van der Waals surface area contributed by atoms with Crippen molar-refractivity contribution in [3.05, 3.63) is 78.0 Å². The number of nitrogens with zero attached hydrogens (tertiary/aromatic N) is 3. The lowest BCUT2D eigenvalue weighted by molar-refractivity contribution is 0.0949. The molecule has 0 bridgehead atoms. The molecule has 0 spiro atoms. The maximum Gasteiger partial charge on any atom is 0.251 e. The summed E-state index contributed by atoms with van der Waals surface area (Å²) in [5, 5.41) is 15.7. The number of pyridine rings is 1. The maximum atomic E-state index is 12.3. The SMILES string of the molecule is CCN(CC)CCNC(=O)c1ccc(Nc2ncc(-c3ccccc3)cc2C#N)cc1. The third kappa shape index (κ3) is 5.91. The third-order valence-electron chi connectivity index (χ3n) is 5.13. The molecular weight excluding hydrogens is 386 g/mol. The van der Waals surface area contributed by atoms with Gasteiger partial charge in [-0.1, -0.05) is 44.2 Å². The van der Waals surface area contributed by atoms with Crippen molar-refractivity contribution in [1.82, 2.24) is 15.2 Å². The Morgan fingerprint density at radius 3 is 2.39 bits per heavy atom. The molecule has 0 saturated carbocycles. The minimum Gasteiger partial charge on any atom is -0.351 e. The molecule has 0 radical (unpaired) electrons. The van der Waals surface area contributed by atoms with Gasteiger partial charge < -0.3 is 15.5 Å². The van der Waals surface area contributed by atoms with E-state index in [1.807, 2.05) is 48.5 Å². The number of amides is 1. The molecule has 3 rings (SSSR count). The molecule has 2 aromatic carbocycles. The average molecular weight is 414 g/mol. The molecule has 0 fully saturated rings. The summed E-state index contributed by atoms with van der Waals surface area (Å²) < 4.78 is 0. The van der Waals surface area contributed by atoms with Crippen molar-refractivity contribution in [3.63, 3.8) is 0 Å². The van der Waals surface area contributed by atoms with Crippen LogP contribution < -0.4 is 10.6 Å². The standard InChI is InChI=1S/C25H27N5O/c1-3-30(4-2)15-14-27-25(31)20-10-12-23(13-11-20)29-24-21(17-26)16-22(18-28-24)19-8-6-5-7-9-19/h5-13,16,18H,3-4,14-15H2,1-2H3,(H,27,31)(H,28,29). The second-order valence-corrected chi connectivity index (χ2v) is 7.08. The van der Waals surface area contributed by atoms with Crippen molar-refractivity contribution in [2.75, 3.05) is 31.5 Å². The van der Waals surface area contributed by atoms with Gasteiger partial charge >= 0.3 is 0 Å². The van der Waals surface area contributed by atoms with E-state index in [9.17, 15) is 10.1 Å². The van der Waals surface area contributed by atoms with E-state index in [1.165, 1.54) is 0 Å². The Morgan fingerprint density at radius 2 is 1.74 bits per heavy atom. The molecule has 1 amide bonds. The number of hydrogen-bond donors (Lipinski definition) is 2. The molecule has 2 N–H and O–H groups in total. The molecule has 158 valence electrons. The van der Waals surface area contributed by atoms with Crippen molar-refractivity contribution in [2.24, 2.45) is 0 Å². The Bertz CT molecular complexity index is 1040. The molecule has 0 aliphatic heterocycles. The Morgan fingerprint density at radius 1 is 1.03 bits per heavy atom. The fraction of sp³-hybridized carbons (Fsp3) is 0.240. The summed E-state index contributed by atoms with van der Waals surface area (Å²) in [5.74, 6) is 0.389. The first kappa shape index (κ1) is 22.0. The molecular formula is C25H27N5O. The van der Waals surface area contributed by atoms with E-state index < -0.39 is 0 Å². The van der Waals surface area contributed by atoms with Gasteiger partial charge in [-0.2, -0.15) is 5.26 Å². The molecule has 1 heterocycles. The van der Waals surface area contributed by atoms with Gasteiger partial charge in [0, 0.05) is 36.1 Å². The molecule has 0 atom stereocenters. The number of nitriles is 1. The number of carbonyl (C=O) groups is 1. The highest BCUT2D eigenvalue weighted by molar-refractivity contribution is 5.94. The molecule has 0 aliphatic rings. The summed E-state index contributed by atoms with van der Waals surface area (Å²) in [6.45, 7) is 7.61. The molecule has 0 unspecified atom stereocenters. The van der Waals surface area contributed by atoms with Crippen molar-refractivity contribution in [1.29, 1.82) is 5.26 Å². The van der Waals surface area contributed by atoms with Gasteiger partial charge in [-0.3, -0.25) is 4.79 Å². The zero-order chi connectivity index (χ0) is 22.1. The van der Waals surface area contributed by atoms with Crippen molar-refractivity contribution in [2.45, 2.75) is 13.8 Å². The molecule has 0 aliphatic carbocycles. The third-order valence-corrected chi connectivity index (χ3v) is 5.13. The van der Waals surface area contributed by atoms with Crippen LogP contribution in [0.25, 0.3) is 11.1 Å². The van der Waals surface area contributed by atoms with Gasteiger partial charge in [0.25, 0.3) is 5.91 Å². The van der Waals surface area contributed by atoms with E-state index in [4.69, 9.17) is 0 Å². The van der Waals surface area contributed by atoms with E-state index >= 15 is 0 Å². The number of aromatic nitrogens is 1. The largest absolute Gasteiger partial charge is 0.351 e. The highest BCUT2D eigenvalue weighted by atomic mass is 16.1. The molecule has 6 heteroatoms. The van der Waals surface area contributed by atoms with Crippen molar-refractivity contribution in [3.8, 4) is 17.2 Å². The average Bonchev–Trinajstić information content (AvgIpc) is 2.83. The van der Waals surface area contributed by atoms with Crippen LogP contribution in [0, 0.1) is 11.3 Å². The zero-order valence-electron chi connectivity index (χ0n) is 17.9. The number of hydrogen-bond acceptors (Lipinski definition) is 5. The number of benzene rings is 2. The van der Waals surface area contributed by atoms with Gasteiger partial charge in [0.1, 0.15) is 11.9 Å². The summed E-state index contributed by atoms with van der Waals surface area (Å²) in [5.41, 5.74) is 3.71. The highest BCUT2D eigenvalue weighted by Gasteiger charge is 2.09. The Hall–Kier alpha value is -3.69. The van der Waals surface area contributed by atoms with Crippen LogP contribution in [-0.2, 0) is 0 Å². The Labute approximate surface area is 183 Å². The van der Waals surface area contributed by atoms with Gasteiger partial charge in [0.2, 0.25) is 0 Å². The van der Waals surface area contributed by atoms with Gasteiger partial charge in [-0.05, 0) is 49.0 Å². The summed E-state index contributed by atoms with van der Waals surface area (Å²) in [7, 11) is 0. The predicted octanol–water partition coefficient (Wildman–Crippen LogP) is 4.44. The molecule has 0 saturated heterocycles. The van der Waals surface area contributed by atoms with Crippen LogP contribution in [0.3, 0.4) is 0 Å². The Kier molecular flexibility index (Phi) is 7.74. The zero-order valence-corrected chi connectivity index (χ0v) is 17.9. The van der Waals surface area contributed by atoms with E-state index in [0.717, 1.165) is 36.4 Å². The minimum atomic E-state index is -0.0956. The fourth-order valence-corrected chi connectivity index (χ4v) is 3.25.